The number of carbonyl (C=O) groups excluding carboxylic acids is 2. The van der Waals surface area contributed by atoms with Crippen LogP contribution in [-0.2, 0) is 29.4 Å². The summed E-state index contributed by atoms with van der Waals surface area (Å²) in [4.78, 5) is 26.7. The van der Waals surface area contributed by atoms with Gasteiger partial charge in [-0.3, -0.25) is 9.59 Å². The van der Waals surface area contributed by atoms with Gasteiger partial charge < -0.3 is 9.80 Å². The lowest BCUT2D eigenvalue weighted by molar-refractivity contribution is -0.138. The smallest absolute Gasteiger partial charge is 0.244 e. The van der Waals surface area contributed by atoms with Crippen molar-refractivity contribution in [3.05, 3.63) is 20.1 Å². The minimum absolute atomic E-state index is 0.0438. The molecule has 2 heterocycles. The first-order valence-electron chi connectivity index (χ1n) is 8.21. The van der Waals surface area contributed by atoms with Crippen molar-refractivity contribution in [2.75, 3.05) is 20.1 Å². The molecule has 2 aliphatic rings. The van der Waals surface area contributed by atoms with Crippen molar-refractivity contribution >= 4 is 43.4 Å². The molecule has 0 aliphatic carbocycles. The van der Waals surface area contributed by atoms with E-state index in [-0.39, 0.29) is 33.9 Å². The van der Waals surface area contributed by atoms with E-state index in [2.05, 4.69) is 0 Å². The summed E-state index contributed by atoms with van der Waals surface area (Å²) in [7, 11) is -6.35. The molecule has 9 nitrogen and oxygen atoms in total. The summed E-state index contributed by atoms with van der Waals surface area (Å²) < 4.78 is 48.6. The first-order chi connectivity index (χ1) is 12.3. The molecule has 2 atom stereocenters. The highest BCUT2D eigenvalue weighted by Gasteiger charge is 2.45. The van der Waals surface area contributed by atoms with Crippen LogP contribution in [0, 0.1) is 0 Å². The Balaban J connectivity index is 2.51. The Hall–Kier alpha value is -1.37. The monoisotopic (exact) mass is 437 g/mol. The molecule has 152 valence electrons. The van der Waals surface area contributed by atoms with Crippen molar-refractivity contribution in [2.45, 2.75) is 38.5 Å². The van der Waals surface area contributed by atoms with Crippen LogP contribution in [0.15, 0.2) is 20.1 Å². The van der Waals surface area contributed by atoms with Crippen LogP contribution in [0.2, 0.25) is 0 Å². The Labute approximate surface area is 163 Å². The van der Waals surface area contributed by atoms with Crippen molar-refractivity contribution in [1.82, 2.24) is 9.80 Å². The lowest BCUT2D eigenvalue weighted by Gasteiger charge is -2.33. The second kappa shape index (κ2) is 7.57. The van der Waals surface area contributed by atoms with Crippen LogP contribution in [0.4, 0.5) is 0 Å². The van der Waals surface area contributed by atoms with Gasteiger partial charge >= 0.3 is 0 Å². The van der Waals surface area contributed by atoms with Gasteiger partial charge in [-0.2, -0.15) is 0 Å². The Morgan fingerprint density at radius 3 is 2.44 bits per heavy atom. The van der Waals surface area contributed by atoms with Crippen LogP contribution in [0.1, 0.15) is 27.2 Å². The number of carbonyl (C=O) groups is 2. The van der Waals surface area contributed by atoms with Crippen LogP contribution >= 0.6 is 11.8 Å². The molecule has 0 saturated carbocycles. The molecule has 0 spiro atoms. The predicted molar refractivity (Wildman–Crippen MR) is 103 cm³/mol. The van der Waals surface area contributed by atoms with Crippen LogP contribution < -0.4 is 5.14 Å². The molecule has 0 unspecified atom stereocenters. The molecule has 0 aromatic carbocycles. The summed E-state index contributed by atoms with van der Waals surface area (Å²) in [5, 5.41) is 4.52. The van der Waals surface area contributed by atoms with E-state index in [1.807, 2.05) is 0 Å². The number of sulfone groups is 1. The maximum atomic E-state index is 12.7. The first kappa shape index (κ1) is 21.9. The van der Waals surface area contributed by atoms with E-state index < -0.39 is 37.1 Å². The standard InChI is InChI=1S/C15H23N3O6S3/c1-5-18(13(20)8-17(4)10(3)19)12-7-14(27(16,23)24)25-15-11(12)6-9(2)26(15,21)22/h7,9,12H,5-6,8H2,1-4H3,(H2,16,23,24)/t9-,12-/m0/s1. The number of rotatable bonds is 5. The number of nitrogens with zero attached hydrogens (tertiary/aromatic N) is 2. The van der Waals surface area contributed by atoms with Crippen LogP contribution in [0.5, 0.6) is 0 Å². The van der Waals surface area contributed by atoms with Gasteiger partial charge in [0.1, 0.15) is 8.47 Å². The van der Waals surface area contributed by atoms with Gasteiger partial charge in [-0.1, -0.05) is 11.8 Å². The quantitative estimate of drug-likeness (QED) is 0.638. The number of sulfonamides is 1. The van der Waals surface area contributed by atoms with Crippen molar-refractivity contribution in [3.63, 3.8) is 0 Å². The molecule has 2 N–H and O–H groups in total. The summed E-state index contributed by atoms with van der Waals surface area (Å²) in [6.07, 6.45) is 1.53. The lowest BCUT2D eigenvalue weighted by atomic mass is 10.0. The second-order valence-electron chi connectivity index (χ2n) is 6.50. The van der Waals surface area contributed by atoms with E-state index in [0.29, 0.717) is 17.3 Å². The van der Waals surface area contributed by atoms with Crippen molar-refractivity contribution in [2.24, 2.45) is 5.14 Å². The highest BCUT2D eigenvalue weighted by molar-refractivity contribution is 8.27. The van der Waals surface area contributed by atoms with Gasteiger partial charge in [0.2, 0.25) is 21.8 Å². The number of likely N-dealkylation sites (N-methyl/N-ethyl adjacent to an activating group) is 2. The highest BCUT2D eigenvalue weighted by Crippen LogP contribution is 2.48. The van der Waals surface area contributed by atoms with Gasteiger partial charge in [0.05, 0.1) is 17.8 Å². The average Bonchev–Trinajstić information content (AvgIpc) is 2.77. The minimum atomic E-state index is -4.15. The Bertz CT molecular complexity index is 936. The number of nitrogens with two attached hydrogens (primary N) is 1. The van der Waals surface area contributed by atoms with E-state index in [1.54, 1.807) is 13.8 Å². The molecule has 2 rings (SSSR count). The van der Waals surface area contributed by atoms with E-state index in [4.69, 9.17) is 5.14 Å². The van der Waals surface area contributed by atoms with Crippen LogP contribution in [-0.4, -0.2) is 69.9 Å². The third kappa shape index (κ3) is 4.23. The second-order valence-corrected chi connectivity index (χ2v) is 11.9. The van der Waals surface area contributed by atoms with E-state index in [0.717, 1.165) is 0 Å². The lowest BCUT2D eigenvalue weighted by Crippen LogP contribution is -2.46. The van der Waals surface area contributed by atoms with E-state index in [1.165, 1.54) is 29.8 Å². The third-order valence-corrected chi connectivity index (χ3v) is 9.97. The topological polar surface area (TPSA) is 135 Å². The number of primary sulfonamides is 1. The van der Waals surface area contributed by atoms with E-state index in [9.17, 15) is 26.4 Å². The van der Waals surface area contributed by atoms with Gasteiger partial charge in [-0.05, 0) is 31.9 Å². The number of amides is 2. The molecule has 12 heteroatoms. The predicted octanol–water partition coefficient (Wildman–Crippen LogP) is -0.0229. The molecule has 0 aromatic heterocycles. The number of thioether (sulfide) groups is 1. The summed E-state index contributed by atoms with van der Waals surface area (Å²) in [6.45, 7) is 4.58. The molecular weight excluding hydrogens is 414 g/mol. The van der Waals surface area contributed by atoms with E-state index >= 15 is 0 Å². The normalized spacial score (nSPS) is 24.3. The van der Waals surface area contributed by atoms with Crippen molar-refractivity contribution in [3.8, 4) is 0 Å². The number of hydrogen-bond donors (Lipinski definition) is 1. The van der Waals surface area contributed by atoms with Gasteiger partial charge in [0.15, 0.2) is 9.84 Å². The van der Waals surface area contributed by atoms with Crippen molar-refractivity contribution < 1.29 is 26.4 Å². The Kier molecular flexibility index (Phi) is 6.15. The summed E-state index contributed by atoms with van der Waals surface area (Å²) in [5.74, 6) is -0.711. The van der Waals surface area contributed by atoms with Gasteiger partial charge in [-0.15, -0.1) is 0 Å². The fourth-order valence-corrected chi connectivity index (χ4v) is 7.42. The molecule has 0 bridgehead atoms. The maximum absolute atomic E-state index is 12.7. The minimum Gasteiger partial charge on any atom is -0.337 e. The molecule has 0 fully saturated rings. The molecule has 0 radical (unpaired) electrons. The van der Waals surface area contributed by atoms with Crippen molar-refractivity contribution in [1.29, 1.82) is 0 Å². The first-order valence-corrected chi connectivity index (χ1v) is 12.1. The zero-order valence-corrected chi connectivity index (χ0v) is 17.9. The summed E-state index contributed by atoms with van der Waals surface area (Å²) in [5.41, 5.74) is 0.487. The van der Waals surface area contributed by atoms with Gasteiger partial charge in [0, 0.05) is 20.5 Å². The summed E-state index contributed by atoms with van der Waals surface area (Å²) in [6, 6.07) is -0.841. The highest BCUT2D eigenvalue weighted by atomic mass is 32.3. The fourth-order valence-electron chi connectivity index (χ4n) is 2.95. The molecular formula is C15H23N3O6S3. The van der Waals surface area contributed by atoms with Gasteiger partial charge in [-0.25, -0.2) is 22.0 Å². The maximum Gasteiger partial charge on any atom is 0.244 e. The zero-order valence-electron chi connectivity index (χ0n) is 15.5. The average molecular weight is 438 g/mol. The van der Waals surface area contributed by atoms with Crippen LogP contribution in [0.25, 0.3) is 0 Å². The Morgan fingerprint density at radius 1 is 1.37 bits per heavy atom. The Morgan fingerprint density at radius 2 is 1.96 bits per heavy atom. The largest absolute Gasteiger partial charge is 0.337 e. The third-order valence-electron chi connectivity index (χ3n) is 4.59. The number of hydrogen-bond acceptors (Lipinski definition) is 7. The van der Waals surface area contributed by atoms with Crippen LogP contribution in [0.3, 0.4) is 0 Å². The van der Waals surface area contributed by atoms with Gasteiger partial charge in [0.25, 0.3) is 0 Å². The SMILES string of the molecule is CCN(C(=O)CN(C)C(C)=O)[C@H]1C=C(S(N)(=O)=O)SC2=C1C[C@H](C)S2(=O)=O. The molecule has 27 heavy (non-hydrogen) atoms. The molecule has 0 saturated heterocycles. The molecule has 0 aromatic rings. The zero-order chi connectivity index (χ0) is 20.7. The summed E-state index contributed by atoms with van der Waals surface area (Å²) >= 11 is 0.619. The molecule has 2 aliphatic heterocycles. The molecule has 2 amide bonds. The fraction of sp³-hybridized carbons (Fsp3) is 0.600.